The van der Waals surface area contributed by atoms with E-state index in [9.17, 15) is 0 Å². The zero-order chi connectivity index (χ0) is 11.3. The molecule has 0 aliphatic heterocycles. The van der Waals surface area contributed by atoms with Crippen LogP contribution in [0.5, 0.6) is 0 Å². The summed E-state index contributed by atoms with van der Waals surface area (Å²) in [6.07, 6.45) is 0.141. The SMILES string of the molecule is CCOC(C)N(CC)c1cccc(C)c1. The smallest absolute Gasteiger partial charge is 0.127 e. The standard InChI is InChI=1S/C13H21NO/c1-5-14(12(4)15-6-2)13-9-7-8-11(3)10-13/h7-10,12H,5-6H2,1-4H3. The molecule has 1 unspecified atom stereocenters. The molecule has 2 nitrogen and oxygen atoms in total. The monoisotopic (exact) mass is 207 g/mol. The third-order valence-corrected chi connectivity index (χ3v) is 2.52. The van der Waals surface area contributed by atoms with E-state index in [1.807, 2.05) is 6.92 Å². The highest BCUT2D eigenvalue weighted by Gasteiger charge is 2.11. The first-order valence-electron chi connectivity index (χ1n) is 5.64. The minimum absolute atomic E-state index is 0.141. The van der Waals surface area contributed by atoms with E-state index in [0.29, 0.717) is 0 Å². The van der Waals surface area contributed by atoms with Crippen LogP contribution in [0.1, 0.15) is 26.3 Å². The normalized spacial score (nSPS) is 12.5. The van der Waals surface area contributed by atoms with Gasteiger partial charge in [0.1, 0.15) is 6.23 Å². The van der Waals surface area contributed by atoms with Crippen molar-refractivity contribution in [1.82, 2.24) is 0 Å². The van der Waals surface area contributed by atoms with Crippen LogP contribution in [-0.4, -0.2) is 19.4 Å². The number of nitrogens with zero attached hydrogens (tertiary/aromatic N) is 1. The molecule has 0 saturated carbocycles. The van der Waals surface area contributed by atoms with E-state index in [2.05, 4.69) is 49.9 Å². The first-order valence-corrected chi connectivity index (χ1v) is 5.64. The lowest BCUT2D eigenvalue weighted by Gasteiger charge is -2.29. The molecule has 0 aromatic heterocycles. The van der Waals surface area contributed by atoms with Gasteiger partial charge in [-0.25, -0.2) is 0 Å². The van der Waals surface area contributed by atoms with Crippen LogP contribution in [0.25, 0.3) is 0 Å². The van der Waals surface area contributed by atoms with Crippen molar-refractivity contribution >= 4 is 5.69 Å². The lowest BCUT2D eigenvalue weighted by molar-refractivity contribution is 0.0742. The summed E-state index contributed by atoms with van der Waals surface area (Å²) in [6.45, 7) is 10.1. The largest absolute Gasteiger partial charge is 0.359 e. The van der Waals surface area contributed by atoms with E-state index in [4.69, 9.17) is 4.74 Å². The average Bonchev–Trinajstić information content (AvgIpc) is 2.19. The summed E-state index contributed by atoms with van der Waals surface area (Å²) in [6, 6.07) is 8.53. The van der Waals surface area contributed by atoms with Crippen LogP contribution >= 0.6 is 0 Å². The Kier molecular flexibility index (Phi) is 4.63. The predicted molar refractivity (Wildman–Crippen MR) is 65.3 cm³/mol. The van der Waals surface area contributed by atoms with Gasteiger partial charge in [-0.05, 0) is 45.4 Å². The van der Waals surface area contributed by atoms with Gasteiger partial charge in [-0.1, -0.05) is 12.1 Å². The summed E-state index contributed by atoms with van der Waals surface area (Å²) < 4.78 is 5.62. The molecule has 1 rings (SSSR count). The van der Waals surface area contributed by atoms with Gasteiger partial charge < -0.3 is 9.64 Å². The number of ether oxygens (including phenoxy) is 1. The second kappa shape index (κ2) is 5.76. The van der Waals surface area contributed by atoms with Crippen molar-refractivity contribution < 1.29 is 4.74 Å². The third kappa shape index (κ3) is 3.24. The Morgan fingerprint density at radius 1 is 1.33 bits per heavy atom. The van der Waals surface area contributed by atoms with Crippen LogP contribution in [-0.2, 0) is 4.74 Å². The van der Waals surface area contributed by atoms with E-state index in [1.165, 1.54) is 11.3 Å². The van der Waals surface area contributed by atoms with Crippen LogP contribution in [0.3, 0.4) is 0 Å². The first-order chi connectivity index (χ1) is 7.19. The maximum absolute atomic E-state index is 5.62. The topological polar surface area (TPSA) is 12.5 Å². The summed E-state index contributed by atoms with van der Waals surface area (Å²) in [7, 11) is 0. The molecule has 2 heteroatoms. The highest BCUT2D eigenvalue weighted by molar-refractivity contribution is 5.48. The van der Waals surface area contributed by atoms with Crippen LogP contribution in [0, 0.1) is 6.92 Å². The summed E-state index contributed by atoms with van der Waals surface area (Å²) >= 11 is 0. The van der Waals surface area contributed by atoms with Crippen molar-refractivity contribution in [3.63, 3.8) is 0 Å². The molecule has 0 aliphatic rings. The molecular weight excluding hydrogens is 186 g/mol. The van der Waals surface area contributed by atoms with Gasteiger partial charge in [0.2, 0.25) is 0 Å². The fourth-order valence-corrected chi connectivity index (χ4v) is 1.79. The highest BCUT2D eigenvalue weighted by Crippen LogP contribution is 2.18. The van der Waals surface area contributed by atoms with Crippen LogP contribution in [0.15, 0.2) is 24.3 Å². The lowest BCUT2D eigenvalue weighted by Crippen LogP contribution is -2.35. The molecule has 0 radical (unpaired) electrons. The molecule has 1 aromatic rings. The maximum Gasteiger partial charge on any atom is 0.127 e. The Labute approximate surface area is 92.9 Å². The van der Waals surface area contributed by atoms with Gasteiger partial charge in [0.25, 0.3) is 0 Å². The highest BCUT2D eigenvalue weighted by atomic mass is 16.5. The molecule has 1 aromatic carbocycles. The Hall–Kier alpha value is -1.02. The van der Waals surface area contributed by atoms with Crippen LogP contribution < -0.4 is 4.90 Å². The van der Waals surface area contributed by atoms with Crippen molar-refractivity contribution in [2.75, 3.05) is 18.1 Å². The second-order valence-corrected chi connectivity index (χ2v) is 3.68. The molecular formula is C13H21NO. The number of aryl methyl sites for hydroxylation is 1. The molecule has 0 bridgehead atoms. The minimum Gasteiger partial charge on any atom is -0.359 e. The predicted octanol–water partition coefficient (Wildman–Crippen LogP) is 3.20. The summed E-state index contributed by atoms with van der Waals surface area (Å²) in [5.41, 5.74) is 2.52. The van der Waals surface area contributed by atoms with E-state index >= 15 is 0 Å². The summed E-state index contributed by atoms with van der Waals surface area (Å²) in [4.78, 5) is 2.26. The van der Waals surface area contributed by atoms with Crippen molar-refractivity contribution in [3.8, 4) is 0 Å². The second-order valence-electron chi connectivity index (χ2n) is 3.68. The Morgan fingerprint density at radius 3 is 2.60 bits per heavy atom. The number of anilines is 1. The minimum atomic E-state index is 0.141. The average molecular weight is 207 g/mol. The Balaban J connectivity index is 2.82. The number of rotatable bonds is 5. The maximum atomic E-state index is 5.62. The molecule has 0 heterocycles. The number of benzene rings is 1. The van der Waals surface area contributed by atoms with Gasteiger partial charge in [-0.15, -0.1) is 0 Å². The fraction of sp³-hybridized carbons (Fsp3) is 0.538. The molecule has 0 spiro atoms. The van der Waals surface area contributed by atoms with E-state index < -0.39 is 0 Å². The fourth-order valence-electron chi connectivity index (χ4n) is 1.79. The van der Waals surface area contributed by atoms with Crippen LogP contribution in [0.2, 0.25) is 0 Å². The molecule has 0 amide bonds. The van der Waals surface area contributed by atoms with Gasteiger partial charge in [-0.2, -0.15) is 0 Å². The molecule has 84 valence electrons. The molecule has 0 fully saturated rings. The van der Waals surface area contributed by atoms with E-state index in [-0.39, 0.29) is 6.23 Å². The van der Waals surface area contributed by atoms with Gasteiger partial charge in [0, 0.05) is 18.8 Å². The number of hydrogen-bond donors (Lipinski definition) is 0. The third-order valence-electron chi connectivity index (χ3n) is 2.52. The van der Waals surface area contributed by atoms with Crippen LogP contribution in [0.4, 0.5) is 5.69 Å². The van der Waals surface area contributed by atoms with Gasteiger partial charge in [0.05, 0.1) is 0 Å². The van der Waals surface area contributed by atoms with E-state index in [1.54, 1.807) is 0 Å². The summed E-state index contributed by atoms with van der Waals surface area (Å²) in [5.74, 6) is 0. The van der Waals surface area contributed by atoms with Gasteiger partial charge in [-0.3, -0.25) is 0 Å². The molecule has 0 aliphatic carbocycles. The molecule has 1 atom stereocenters. The lowest BCUT2D eigenvalue weighted by atomic mass is 10.2. The summed E-state index contributed by atoms with van der Waals surface area (Å²) in [5, 5.41) is 0. The first kappa shape index (κ1) is 12.1. The quantitative estimate of drug-likeness (QED) is 0.687. The Morgan fingerprint density at radius 2 is 2.07 bits per heavy atom. The van der Waals surface area contributed by atoms with E-state index in [0.717, 1.165) is 13.2 Å². The molecule has 0 saturated heterocycles. The van der Waals surface area contributed by atoms with Crippen molar-refractivity contribution in [2.45, 2.75) is 33.9 Å². The van der Waals surface area contributed by atoms with Crippen molar-refractivity contribution in [1.29, 1.82) is 0 Å². The van der Waals surface area contributed by atoms with Crippen molar-refractivity contribution in [3.05, 3.63) is 29.8 Å². The molecule has 15 heavy (non-hydrogen) atoms. The zero-order valence-electron chi connectivity index (χ0n) is 10.2. The zero-order valence-corrected chi connectivity index (χ0v) is 10.2. The molecule has 0 N–H and O–H groups in total. The number of hydrogen-bond acceptors (Lipinski definition) is 2. The van der Waals surface area contributed by atoms with Gasteiger partial charge in [0.15, 0.2) is 0 Å². The van der Waals surface area contributed by atoms with Crippen molar-refractivity contribution in [2.24, 2.45) is 0 Å². The van der Waals surface area contributed by atoms with Gasteiger partial charge >= 0.3 is 0 Å². The Bertz CT molecular complexity index is 298.